The fourth-order valence-electron chi connectivity index (χ4n) is 2.05. The largest absolute Gasteiger partial charge is 0.326 e. The Kier molecular flexibility index (Phi) is 5.44. The van der Waals surface area contributed by atoms with Gasteiger partial charge in [0.2, 0.25) is 0 Å². The van der Waals surface area contributed by atoms with Crippen molar-refractivity contribution in [2.75, 3.05) is 13.6 Å². The minimum absolute atomic E-state index is 0.147. The standard InChI is InChI=1S/C12H21BrN2S/c1-8(2)7-15(4)12(9(3)14)10-5-6-11(13)16-10/h5-6,8-9,12H,7,14H2,1-4H3. The smallest absolute Gasteiger partial charge is 0.0702 e. The first-order valence-electron chi connectivity index (χ1n) is 5.63. The van der Waals surface area contributed by atoms with Crippen LogP contribution in [0.4, 0.5) is 0 Å². The number of thiophene rings is 1. The number of hydrogen-bond donors (Lipinski definition) is 1. The van der Waals surface area contributed by atoms with Crippen LogP contribution in [-0.2, 0) is 0 Å². The third kappa shape index (κ3) is 3.84. The fraction of sp³-hybridized carbons (Fsp3) is 0.667. The molecule has 2 nitrogen and oxygen atoms in total. The Hall–Kier alpha value is 0.1000. The third-order valence-electron chi connectivity index (χ3n) is 2.51. The van der Waals surface area contributed by atoms with E-state index in [1.165, 1.54) is 8.66 Å². The van der Waals surface area contributed by atoms with Gasteiger partial charge >= 0.3 is 0 Å². The van der Waals surface area contributed by atoms with Crippen LogP contribution in [0.2, 0.25) is 0 Å². The van der Waals surface area contributed by atoms with Gasteiger partial charge in [0.1, 0.15) is 0 Å². The van der Waals surface area contributed by atoms with Gasteiger partial charge in [0, 0.05) is 17.5 Å². The van der Waals surface area contributed by atoms with Crippen molar-refractivity contribution in [3.63, 3.8) is 0 Å². The van der Waals surface area contributed by atoms with Crippen molar-refractivity contribution in [2.45, 2.75) is 32.9 Å². The summed E-state index contributed by atoms with van der Waals surface area (Å²) in [6.07, 6.45) is 0. The molecule has 1 aromatic heterocycles. The van der Waals surface area contributed by atoms with Crippen molar-refractivity contribution in [1.82, 2.24) is 4.90 Å². The van der Waals surface area contributed by atoms with Crippen molar-refractivity contribution in [2.24, 2.45) is 11.7 Å². The number of likely N-dealkylation sites (N-methyl/N-ethyl adjacent to an activating group) is 1. The monoisotopic (exact) mass is 304 g/mol. The normalized spacial score (nSPS) is 15.8. The fourth-order valence-corrected chi connectivity index (χ4v) is 3.76. The molecular weight excluding hydrogens is 284 g/mol. The molecule has 1 rings (SSSR count). The van der Waals surface area contributed by atoms with Gasteiger partial charge in [0.05, 0.1) is 9.83 Å². The summed E-state index contributed by atoms with van der Waals surface area (Å²) in [5.74, 6) is 0.662. The van der Waals surface area contributed by atoms with E-state index in [2.05, 4.69) is 60.8 Å². The quantitative estimate of drug-likeness (QED) is 0.902. The van der Waals surface area contributed by atoms with E-state index in [9.17, 15) is 0 Å². The van der Waals surface area contributed by atoms with Gasteiger partial charge in [0.25, 0.3) is 0 Å². The molecule has 0 spiro atoms. The minimum Gasteiger partial charge on any atom is -0.326 e. The third-order valence-corrected chi connectivity index (χ3v) is 4.21. The van der Waals surface area contributed by atoms with E-state index in [4.69, 9.17) is 5.73 Å². The molecule has 1 heterocycles. The molecule has 2 N–H and O–H groups in total. The second kappa shape index (κ2) is 6.15. The first-order chi connectivity index (χ1) is 7.41. The summed E-state index contributed by atoms with van der Waals surface area (Å²) in [7, 11) is 2.15. The van der Waals surface area contributed by atoms with Gasteiger partial charge in [-0.15, -0.1) is 11.3 Å². The molecule has 2 unspecified atom stereocenters. The van der Waals surface area contributed by atoms with E-state index in [0.717, 1.165) is 6.54 Å². The van der Waals surface area contributed by atoms with Crippen LogP contribution >= 0.6 is 27.3 Å². The van der Waals surface area contributed by atoms with Crippen LogP contribution < -0.4 is 5.73 Å². The Morgan fingerprint density at radius 2 is 2.00 bits per heavy atom. The first kappa shape index (κ1) is 14.2. The highest BCUT2D eigenvalue weighted by Crippen LogP contribution is 2.32. The highest BCUT2D eigenvalue weighted by Gasteiger charge is 2.23. The van der Waals surface area contributed by atoms with Crippen molar-refractivity contribution >= 4 is 27.3 Å². The van der Waals surface area contributed by atoms with Crippen LogP contribution in [0.3, 0.4) is 0 Å². The maximum Gasteiger partial charge on any atom is 0.0702 e. The average Bonchev–Trinajstić information content (AvgIpc) is 2.49. The van der Waals surface area contributed by atoms with Crippen LogP contribution in [0.25, 0.3) is 0 Å². The lowest BCUT2D eigenvalue weighted by Gasteiger charge is -2.31. The summed E-state index contributed by atoms with van der Waals surface area (Å²) >= 11 is 5.28. The molecule has 92 valence electrons. The molecule has 0 saturated carbocycles. The zero-order valence-corrected chi connectivity index (χ0v) is 12.8. The highest BCUT2D eigenvalue weighted by atomic mass is 79.9. The minimum atomic E-state index is 0.147. The SMILES string of the molecule is CC(C)CN(C)C(c1ccc(Br)s1)C(C)N. The van der Waals surface area contributed by atoms with E-state index in [1.54, 1.807) is 11.3 Å². The van der Waals surface area contributed by atoms with Crippen LogP contribution in [0, 0.1) is 5.92 Å². The molecule has 0 aromatic carbocycles. The van der Waals surface area contributed by atoms with Crippen molar-refractivity contribution < 1.29 is 0 Å². The van der Waals surface area contributed by atoms with Crippen molar-refractivity contribution in [3.05, 3.63) is 20.8 Å². The summed E-state index contributed by atoms with van der Waals surface area (Å²) in [6.45, 7) is 7.62. The van der Waals surface area contributed by atoms with Gasteiger partial charge < -0.3 is 5.73 Å². The van der Waals surface area contributed by atoms with Crippen LogP contribution in [0.1, 0.15) is 31.7 Å². The number of hydrogen-bond acceptors (Lipinski definition) is 3. The van der Waals surface area contributed by atoms with Gasteiger partial charge in [-0.25, -0.2) is 0 Å². The maximum absolute atomic E-state index is 6.10. The van der Waals surface area contributed by atoms with Gasteiger partial charge in [-0.05, 0) is 48.0 Å². The Morgan fingerprint density at radius 3 is 2.38 bits per heavy atom. The molecule has 0 amide bonds. The lowest BCUT2D eigenvalue weighted by atomic mass is 10.1. The molecule has 16 heavy (non-hydrogen) atoms. The Bertz CT molecular complexity index is 323. The summed E-state index contributed by atoms with van der Waals surface area (Å²) < 4.78 is 1.17. The highest BCUT2D eigenvalue weighted by molar-refractivity contribution is 9.11. The first-order valence-corrected chi connectivity index (χ1v) is 7.23. The van der Waals surface area contributed by atoms with E-state index in [0.29, 0.717) is 12.0 Å². The lowest BCUT2D eigenvalue weighted by Crippen LogP contribution is -2.38. The molecule has 0 aliphatic carbocycles. The second-order valence-corrected chi connectivity index (χ2v) is 7.27. The molecule has 4 heteroatoms. The van der Waals surface area contributed by atoms with Gasteiger partial charge in [-0.3, -0.25) is 4.90 Å². The molecule has 0 bridgehead atoms. The van der Waals surface area contributed by atoms with Gasteiger partial charge in [-0.1, -0.05) is 13.8 Å². The Morgan fingerprint density at radius 1 is 1.38 bits per heavy atom. The summed E-state index contributed by atoms with van der Waals surface area (Å²) in [6, 6.07) is 4.73. The number of rotatable bonds is 5. The zero-order valence-electron chi connectivity index (χ0n) is 10.4. The van der Waals surface area contributed by atoms with Crippen molar-refractivity contribution in [1.29, 1.82) is 0 Å². The molecule has 0 fully saturated rings. The predicted molar refractivity (Wildman–Crippen MR) is 75.9 cm³/mol. The zero-order chi connectivity index (χ0) is 12.3. The summed E-state index contributed by atoms with van der Waals surface area (Å²) in [5, 5.41) is 0. The van der Waals surface area contributed by atoms with E-state index in [-0.39, 0.29) is 6.04 Å². The number of nitrogens with two attached hydrogens (primary N) is 1. The molecule has 0 radical (unpaired) electrons. The van der Waals surface area contributed by atoms with E-state index in [1.807, 2.05) is 0 Å². The second-order valence-electron chi connectivity index (χ2n) is 4.78. The molecule has 0 aliphatic rings. The summed E-state index contributed by atoms with van der Waals surface area (Å²) in [5.41, 5.74) is 6.10. The topological polar surface area (TPSA) is 29.3 Å². The molecule has 0 saturated heterocycles. The van der Waals surface area contributed by atoms with E-state index >= 15 is 0 Å². The molecule has 1 aromatic rings. The average molecular weight is 305 g/mol. The number of halogens is 1. The maximum atomic E-state index is 6.10. The van der Waals surface area contributed by atoms with E-state index < -0.39 is 0 Å². The van der Waals surface area contributed by atoms with Gasteiger partial charge in [0.15, 0.2) is 0 Å². The molecular formula is C12H21BrN2S. The molecule has 0 aliphatic heterocycles. The van der Waals surface area contributed by atoms with Gasteiger partial charge in [-0.2, -0.15) is 0 Å². The van der Waals surface area contributed by atoms with Crippen LogP contribution in [-0.4, -0.2) is 24.5 Å². The van der Waals surface area contributed by atoms with Crippen molar-refractivity contribution in [3.8, 4) is 0 Å². The lowest BCUT2D eigenvalue weighted by molar-refractivity contribution is 0.200. The Labute approximate surface area is 111 Å². The molecule has 2 atom stereocenters. The predicted octanol–water partition coefficient (Wildman–Crippen LogP) is 3.49. The van der Waals surface area contributed by atoms with Crippen LogP contribution in [0.5, 0.6) is 0 Å². The number of nitrogens with zero attached hydrogens (tertiary/aromatic N) is 1. The summed E-state index contributed by atoms with van der Waals surface area (Å²) in [4.78, 5) is 3.69. The Balaban J connectivity index is 2.82. The van der Waals surface area contributed by atoms with Crippen LogP contribution in [0.15, 0.2) is 15.9 Å².